The molecule has 10 aromatic rings. The molecular weight excluding hydrogens is 1220 g/mol. The maximum absolute atomic E-state index is 11.1. The number of phenolic OH excluding ortho intramolecular Hbond substituents is 12. The van der Waals surface area contributed by atoms with E-state index in [9.17, 15) is 65.5 Å². The van der Waals surface area contributed by atoms with Crippen LogP contribution in [0.1, 0.15) is 122 Å². The molecule has 1 aliphatic carbocycles. The largest absolute Gasteiger partial charge is 0.504 e. The van der Waals surface area contributed by atoms with Crippen LogP contribution in [0.25, 0.3) is 43.1 Å². The maximum atomic E-state index is 11.1. The Balaban J connectivity index is 0.000000224. The third-order valence-electron chi connectivity index (χ3n) is 15.3. The normalized spacial score (nSPS) is 15.2. The zero-order valence-corrected chi connectivity index (χ0v) is 51.2. The highest BCUT2D eigenvalue weighted by molar-refractivity contribution is 9.11. The fraction of sp³-hybridized carbons (Fsp3) is 0.224. The summed E-state index contributed by atoms with van der Waals surface area (Å²) in [5.41, 5.74) is 0.0688. The first kappa shape index (κ1) is 63.5. The number of aromatic hydroxyl groups is 12. The highest BCUT2D eigenvalue weighted by Crippen LogP contribution is 2.58. The van der Waals surface area contributed by atoms with Crippen molar-refractivity contribution >= 4 is 85.7 Å². The first-order chi connectivity index (χ1) is 40.1. The van der Waals surface area contributed by atoms with Crippen LogP contribution >= 0.6 is 31.9 Å². The minimum atomic E-state index is -0.984. The highest BCUT2D eigenvalue weighted by atomic mass is 79.9. The number of halogens is 2. The molecule has 0 radical (unpaired) electrons. The average molecular weight is 1290 g/mol. The lowest BCUT2D eigenvalue weighted by molar-refractivity contribution is 0.349. The molecule has 11 rings (SSSR count). The van der Waals surface area contributed by atoms with Gasteiger partial charge >= 0.3 is 0 Å². The van der Waals surface area contributed by atoms with E-state index in [4.69, 9.17) is 5.11 Å². The number of benzene rings is 10. The molecular formula is C67H68Br2O14S. The standard InChI is InChI=1S/C36H40O12.2C14H9Br.C2H6OS.CH4O/c1-5-13-17-9-19(27(39)33(45)25(17)37)14(6-2)21-11-23(31(43)35(47)29(21)41)16(8-4)24-12-22(30(42)36(48)32(24)44)15(7-3)20-10-18(13)26(38)34(46)28(20)40;2*15-14-12-7-3-1-5-10(12)9-11-6-2-4-8-13(11)14;1-4(2)3;1-2/h9-16,37-48H,5-8H2,1-4H3;2*1-9H;1-2H3;2H,1H3. The third-order valence-corrected chi connectivity index (χ3v) is 17.0. The van der Waals surface area contributed by atoms with E-state index in [1.54, 1.807) is 40.2 Å². The van der Waals surface area contributed by atoms with E-state index in [-0.39, 0.29) is 70.2 Å². The summed E-state index contributed by atoms with van der Waals surface area (Å²) in [6.45, 7) is 6.78. The Morgan fingerprint density at radius 3 is 0.619 bits per heavy atom. The van der Waals surface area contributed by atoms with Crippen LogP contribution in [0.15, 0.2) is 142 Å². The molecule has 10 aromatic carbocycles. The molecule has 0 spiro atoms. The number of hydrogen-bond donors (Lipinski definition) is 13. The van der Waals surface area contributed by atoms with Gasteiger partial charge < -0.3 is 66.4 Å². The second-order valence-electron chi connectivity index (χ2n) is 20.3. The first-order valence-corrected chi connectivity index (χ1v) is 30.6. The molecule has 0 aliphatic heterocycles. The van der Waals surface area contributed by atoms with Crippen molar-refractivity contribution in [2.24, 2.45) is 0 Å². The number of rotatable bonds is 4. The summed E-state index contributed by atoms with van der Waals surface area (Å²) >= 11 is 7.36. The van der Waals surface area contributed by atoms with Crippen LogP contribution in [-0.2, 0) is 10.8 Å². The summed E-state index contributed by atoms with van der Waals surface area (Å²) in [6, 6.07) is 43.7. The fourth-order valence-corrected chi connectivity index (χ4v) is 12.7. The molecule has 14 nitrogen and oxygen atoms in total. The summed E-state index contributed by atoms with van der Waals surface area (Å²) < 4.78 is 11.9. The van der Waals surface area contributed by atoms with Crippen LogP contribution in [0.2, 0.25) is 0 Å². The van der Waals surface area contributed by atoms with Crippen LogP contribution in [0.5, 0.6) is 69.0 Å². The van der Waals surface area contributed by atoms with E-state index < -0.39 is 103 Å². The molecule has 0 fully saturated rings. The van der Waals surface area contributed by atoms with Gasteiger partial charge in [-0.3, -0.25) is 4.21 Å². The van der Waals surface area contributed by atoms with E-state index in [0.29, 0.717) is 0 Å². The summed E-state index contributed by atoms with van der Waals surface area (Å²) in [5.74, 6) is -13.3. The van der Waals surface area contributed by atoms with Crippen LogP contribution < -0.4 is 0 Å². The van der Waals surface area contributed by atoms with Gasteiger partial charge in [-0.25, -0.2) is 0 Å². The van der Waals surface area contributed by atoms with Gasteiger partial charge in [0.05, 0.1) is 0 Å². The Hall–Kier alpha value is -8.09. The molecule has 0 amide bonds. The molecule has 0 unspecified atom stereocenters. The molecule has 1 aliphatic rings. The van der Waals surface area contributed by atoms with Crippen molar-refractivity contribution in [2.45, 2.75) is 77.0 Å². The molecule has 84 heavy (non-hydrogen) atoms. The zero-order valence-electron chi connectivity index (χ0n) is 47.2. The lowest BCUT2D eigenvalue weighted by Crippen LogP contribution is -2.10. The average Bonchev–Trinajstić information content (AvgIpc) is 1.63. The number of aliphatic hydroxyl groups is 1. The van der Waals surface area contributed by atoms with Gasteiger partial charge in [0, 0.05) is 108 Å². The lowest BCUT2D eigenvalue weighted by atomic mass is 9.77. The summed E-state index contributed by atoms with van der Waals surface area (Å²) in [4.78, 5) is 0. The Morgan fingerprint density at radius 2 is 0.464 bits per heavy atom. The van der Waals surface area contributed by atoms with Crippen molar-refractivity contribution in [2.75, 3.05) is 19.6 Å². The second kappa shape index (κ2) is 27.1. The van der Waals surface area contributed by atoms with Crippen molar-refractivity contribution in [3.05, 3.63) is 187 Å². The van der Waals surface area contributed by atoms with Crippen LogP contribution in [0, 0.1) is 0 Å². The predicted molar refractivity (Wildman–Crippen MR) is 341 cm³/mol. The number of phenols is 12. The molecule has 440 valence electrons. The van der Waals surface area contributed by atoms with Crippen molar-refractivity contribution in [1.29, 1.82) is 0 Å². The zero-order chi connectivity index (χ0) is 61.6. The summed E-state index contributed by atoms with van der Waals surface area (Å²) in [6.07, 6.45) is 3.85. The Labute approximate surface area is 505 Å². The topological polar surface area (TPSA) is 280 Å². The lowest BCUT2D eigenvalue weighted by Gasteiger charge is -2.29. The van der Waals surface area contributed by atoms with E-state index in [1.807, 2.05) is 0 Å². The van der Waals surface area contributed by atoms with Crippen molar-refractivity contribution in [3.63, 3.8) is 0 Å². The minimum Gasteiger partial charge on any atom is -0.504 e. The van der Waals surface area contributed by atoms with Crippen LogP contribution in [0.3, 0.4) is 0 Å². The van der Waals surface area contributed by atoms with Gasteiger partial charge in [0.25, 0.3) is 0 Å². The van der Waals surface area contributed by atoms with E-state index >= 15 is 0 Å². The summed E-state index contributed by atoms with van der Waals surface area (Å²) in [7, 11) is 0.389. The molecule has 13 N–H and O–H groups in total. The Bertz CT molecular complexity index is 3470. The van der Waals surface area contributed by atoms with Gasteiger partial charge in [-0.15, -0.1) is 0 Å². The maximum Gasteiger partial charge on any atom is 0.200 e. The summed E-state index contributed by atoms with van der Waals surface area (Å²) in [5, 5.41) is 150. The Morgan fingerprint density at radius 1 is 0.310 bits per heavy atom. The molecule has 17 heteroatoms. The SMILES string of the molecule is Brc1c2ccccc2cc2ccccc12.Brc1c2ccccc2cc2ccccc12.CCC1c2cc(c(O)c(O)c2O)C(CC)c2cc(c(O)c(O)c2O)C(CC)c2cc(c(O)c(O)c2O)C(CC)c2cc1c(O)c(O)c2O.CO.CS(C)=O. The van der Waals surface area contributed by atoms with E-state index in [2.05, 4.69) is 141 Å². The smallest absolute Gasteiger partial charge is 0.200 e. The van der Waals surface area contributed by atoms with Crippen LogP contribution in [-0.4, -0.2) is 90.2 Å². The predicted octanol–water partition coefficient (Wildman–Crippen LogP) is 15.7. The van der Waals surface area contributed by atoms with E-state index in [1.165, 1.54) is 76.3 Å². The molecule has 0 saturated carbocycles. The number of hydrogen-bond acceptors (Lipinski definition) is 14. The molecule has 0 atom stereocenters. The van der Waals surface area contributed by atoms with E-state index in [0.717, 1.165) is 7.11 Å². The molecule has 8 bridgehead atoms. The van der Waals surface area contributed by atoms with Crippen LogP contribution in [0.4, 0.5) is 0 Å². The molecule has 0 heterocycles. The monoisotopic (exact) mass is 1290 g/mol. The molecule has 0 aromatic heterocycles. The highest BCUT2D eigenvalue weighted by Gasteiger charge is 2.36. The van der Waals surface area contributed by atoms with Crippen molar-refractivity contribution in [3.8, 4) is 69.0 Å². The van der Waals surface area contributed by atoms with Gasteiger partial charge in [0.2, 0.25) is 23.0 Å². The van der Waals surface area contributed by atoms with Crippen molar-refractivity contribution in [1.82, 2.24) is 0 Å². The van der Waals surface area contributed by atoms with Gasteiger partial charge in [-0.1, -0.05) is 125 Å². The Kier molecular flexibility index (Phi) is 20.5. The first-order valence-electron chi connectivity index (χ1n) is 27.0. The third kappa shape index (κ3) is 12.1. The second-order valence-corrected chi connectivity index (χ2v) is 23.3. The number of aliphatic hydroxyl groups excluding tert-OH is 1. The van der Waals surface area contributed by atoms with Gasteiger partial charge in [0.15, 0.2) is 46.0 Å². The van der Waals surface area contributed by atoms with Gasteiger partial charge in [-0.05, 0) is 137 Å². The fourth-order valence-electron chi connectivity index (χ4n) is 11.2. The quantitative estimate of drug-likeness (QED) is 0.0577. The number of fused-ring (bicyclic) bond motifs is 12. The van der Waals surface area contributed by atoms with Gasteiger partial charge in [-0.2, -0.15) is 0 Å². The van der Waals surface area contributed by atoms with Gasteiger partial charge in [0.1, 0.15) is 0 Å². The van der Waals surface area contributed by atoms with Crippen molar-refractivity contribution < 1.29 is 70.6 Å². The minimum absolute atomic E-state index is 0.00860. The molecule has 0 saturated heterocycles.